The lowest BCUT2D eigenvalue weighted by molar-refractivity contribution is -0.139. The Kier molecular flexibility index (Phi) is 3.76. The summed E-state index contributed by atoms with van der Waals surface area (Å²) in [5.74, 6) is -1.13. The average molecular weight is 264 g/mol. The fourth-order valence-corrected chi connectivity index (χ4v) is 1.46. The third kappa shape index (κ3) is 3.56. The Labute approximate surface area is 107 Å². The molecule has 100 valence electrons. The van der Waals surface area contributed by atoms with E-state index in [1.165, 1.54) is 24.9 Å². The number of amides is 2. The maximum atomic E-state index is 11.6. The van der Waals surface area contributed by atoms with Gasteiger partial charge in [-0.25, -0.2) is 14.6 Å². The van der Waals surface area contributed by atoms with Crippen LogP contribution in [-0.4, -0.2) is 43.3 Å². The number of aliphatic carboxylic acids is 1. The van der Waals surface area contributed by atoms with Crippen molar-refractivity contribution < 1.29 is 14.7 Å². The molecule has 5 N–H and O–H groups in total. The summed E-state index contributed by atoms with van der Waals surface area (Å²) in [6.45, 7) is 0. The number of aromatic amines is 2. The van der Waals surface area contributed by atoms with Crippen LogP contribution >= 0.6 is 0 Å². The van der Waals surface area contributed by atoms with E-state index in [0.29, 0.717) is 11.4 Å². The second-order valence-electron chi connectivity index (χ2n) is 3.76. The average Bonchev–Trinajstić information content (AvgIpc) is 3.00. The summed E-state index contributed by atoms with van der Waals surface area (Å²) in [5, 5.41) is 20.0. The first kappa shape index (κ1) is 12.6. The van der Waals surface area contributed by atoms with E-state index in [1.807, 2.05) is 0 Å². The van der Waals surface area contributed by atoms with Gasteiger partial charge in [0.2, 0.25) is 0 Å². The quantitative estimate of drug-likeness (QED) is 0.516. The minimum Gasteiger partial charge on any atom is -0.480 e. The predicted molar refractivity (Wildman–Crippen MR) is 64.5 cm³/mol. The van der Waals surface area contributed by atoms with E-state index in [2.05, 4.69) is 30.8 Å². The Morgan fingerprint density at radius 2 is 2.26 bits per heavy atom. The van der Waals surface area contributed by atoms with E-state index < -0.39 is 18.0 Å². The second kappa shape index (κ2) is 5.67. The third-order valence-corrected chi connectivity index (χ3v) is 2.34. The normalized spacial score (nSPS) is 11.8. The van der Waals surface area contributed by atoms with Crippen LogP contribution < -0.4 is 10.6 Å². The predicted octanol–water partition coefficient (Wildman–Crippen LogP) is -0.0498. The van der Waals surface area contributed by atoms with Gasteiger partial charge in [-0.3, -0.25) is 5.10 Å². The van der Waals surface area contributed by atoms with Gasteiger partial charge >= 0.3 is 12.0 Å². The van der Waals surface area contributed by atoms with Crippen LogP contribution in [0.3, 0.4) is 0 Å². The summed E-state index contributed by atoms with van der Waals surface area (Å²) in [5.41, 5.74) is 1.07. The number of urea groups is 1. The van der Waals surface area contributed by atoms with Crippen LogP contribution in [0, 0.1) is 0 Å². The van der Waals surface area contributed by atoms with Crippen molar-refractivity contribution in [2.75, 3.05) is 5.32 Å². The highest BCUT2D eigenvalue weighted by molar-refractivity contribution is 5.92. The molecule has 0 aliphatic rings. The maximum Gasteiger partial charge on any atom is 0.326 e. The summed E-state index contributed by atoms with van der Waals surface area (Å²) in [6, 6.07) is -1.67. The largest absolute Gasteiger partial charge is 0.480 e. The Morgan fingerprint density at radius 3 is 2.84 bits per heavy atom. The van der Waals surface area contributed by atoms with Crippen LogP contribution in [0.1, 0.15) is 5.69 Å². The molecule has 0 radical (unpaired) electrons. The summed E-state index contributed by atoms with van der Waals surface area (Å²) in [6.07, 6.45) is 5.95. The molecule has 2 amide bonds. The molecular weight excluding hydrogens is 252 g/mol. The molecule has 19 heavy (non-hydrogen) atoms. The molecule has 0 aliphatic carbocycles. The molecule has 2 aromatic rings. The number of rotatable bonds is 5. The van der Waals surface area contributed by atoms with Crippen molar-refractivity contribution in [2.24, 2.45) is 0 Å². The van der Waals surface area contributed by atoms with E-state index >= 15 is 0 Å². The van der Waals surface area contributed by atoms with Crippen LogP contribution in [0.5, 0.6) is 0 Å². The molecule has 0 fully saturated rings. The van der Waals surface area contributed by atoms with Gasteiger partial charge in [0.25, 0.3) is 0 Å². The summed E-state index contributed by atoms with van der Waals surface area (Å²) in [4.78, 5) is 29.2. The standard InChI is InChI=1S/C10H12N6O3/c17-9(18)8(1-6-2-11-5-12-6)16-10(19)15-7-3-13-14-4-7/h2-5,8H,1H2,(H,11,12)(H,13,14)(H,17,18)(H2,15,16,19)/t8-/m1/s1. The van der Waals surface area contributed by atoms with Gasteiger partial charge in [0.05, 0.1) is 18.2 Å². The Bertz CT molecular complexity index is 536. The minimum atomic E-state index is -1.13. The first-order valence-corrected chi connectivity index (χ1v) is 5.41. The molecule has 2 rings (SSSR count). The molecule has 0 unspecified atom stereocenters. The molecule has 1 atom stereocenters. The molecule has 2 heterocycles. The van der Waals surface area contributed by atoms with Gasteiger partial charge in [0.1, 0.15) is 6.04 Å². The Hall–Kier alpha value is -2.84. The smallest absolute Gasteiger partial charge is 0.326 e. The van der Waals surface area contributed by atoms with Crippen LogP contribution in [0.25, 0.3) is 0 Å². The Morgan fingerprint density at radius 1 is 1.42 bits per heavy atom. The van der Waals surface area contributed by atoms with E-state index in [1.54, 1.807) is 0 Å². The van der Waals surface area contributed by atoms with Crippen molar-refractivity contribution in [2.45, 2.75) is 12.5 Å². The van der Waals surface area contributed by atoms with Crippen molar-refractivity contribution in [3.63, 3.8) is 0 Å². The van der Waals surface area contributed by atoms with Gasteiger partial charge in [-0.15, -0.1) is 0 Å². The van der Waals surface area contributed by atoms with Crippen molar-refractivity contribution in [3.05, 3.63) is 30.6 Å². The van der Waals surface area contributed by atoms with Gasteiger partial charge < -0.3 is 20.7 Å². The highest BCUT2D eigenvalue weighted by Crippen LogP contribution is 2.02. The van der Waals surface area contributed by atoms with Crippen molar-refractivity contribution in [3.8, 4) is 0 Å². The number of anilines is 1. The summed E-state index contributed by atoms with van der Waals surface area (Å²) in [7, 11) is 0. The van der Waals surface area contributed by atoms with Gasteiger partial charge in [-0.05, 0) is 0 Å². The zero-order valence-electron chi connectivity index (χ0n) is 9.75. The van der Waals surface area contributed by atoms with Crippen LogP contribution in [0.4, 0.5) is 10.5 Å². The zero-order chi connectivity index (χ0) is 13.7. The minimum absolute atomic E-state index is 0.119. The number of carbonyl (C=O) groups is 2. The fraction of sp³-hybridized carbons (Fsp3) is 0.200. The molecule has 0 saturated heterocycles. The SMILES string of the molecule is O=C(Nc1cn[nH]c1)N[C@H](Cc1cnc[nH]1)C(=O)O. The highest BCUT2D eigenvalue weighted by atomic mass is 16.4. The van der Waals surface area contributed by atoms with E-state index in [-0.39, 0.29) is 6.42 Å². The first-order chi connectivity index (χ1) is 9.15. The number of nitrogens with zero attached hydrogens (tertiary/aromatic N) is 2. The molecule has 0 aromatic carbocycles. The lowest BCUT2D eigenvalue weighted by Crippen LogP contribution is -2.44. The number of aromatic nitrogens is 4. The van der Waals surface area contributed by atoms with Crippen molar-refractivity contribution >= 4 is 17.7 Å². The molecule has 0 aliphatic heterocycles. The summed E-state index contributed by atoms with van der Waals surface area (Å²) < 4.78 is 0. The van der Waals surface area contributed by atoms with Crippen molar-refractivity contribution in [1.82, 2.24) is 25.5 Å². The van der Waals surface area contributed by atoms with Crippen LogP contribution in [-0.2, 0) is 11.2 Å². The molecule has 2 aromatic heterocycles. The van der Waals surface area contributed by atoms with E-state index in [0.717, 1.165) is 0 Å². The number of hydrogen-bond donors (Lipinski definition) is 5. The molecule has 0 saturated carbocycles. The van der Waals surface area contributed by atoms with Gasteiger partial charge in [0, 0.05) is 24.5 Å². The first-order valence-electron chi connectivity index (χ1n) is 5.41. The fourth-order valence-electron chi connectivity index (χ4n) is 1.46. The molecule has 9 nitrogen and oxygen atoms in total. The van der Waals surface area contributed by atoms with Crippen LogP contribution in [0.15, 0.2) is 24.9 Å². The van der Waals surface area contributed by atoms with Gasteiger partial charge in [0.15, 0.2) is 0 Å². The lowest BCUT2D eigenvalue weighted by atomic mass is 10.2. The maximum absolute atomic E-state index is 11.6. The zero-order valence-corrected chi connectivity index (χ0v) is 9.75. The number of hydrogen-bond acceptors (Lipinski definition) is 4. The number of carboxylic acid groups (broad SMARTS) is 1. The summed E-state index contributed by atoms with van der Waals surface area (Å²) >= 11 is 0. The topological polar surface area (TPSA) is 136 Å². The molecule has 0 spiro atoms. The van der Waals surface area contributed by atoms with Gasteiger partial charge in [-0.1, -0.05) is 0 Å². The number of carbonyl (C=O) groups excluding carboxylic acids is 1. The second-order valence-corrected chi connectivity index (χ2v) is 3.76. The van der Waals surface area contributed by atoms with E-state index in [4.69, 9.17) is 5.11 Å². The molecule has 0 bridgehead atoms. The van der Waals surface area contributed by atoms with E-state index in [9.17, 15) is 9.59 Å². The molecular formula is C10H12N6O3. The highest BCUT2D eigenvalue weighted by Gasteiger charge is 2.21. The third-order valence-electron chi connectivity index (χ3n) is 2.34. The number of carboxylic acids is 1. The van der Waals surface area contributed by atoms with Gasteiger partial charge in [-0.2, -0.15) is 5.10 Å². The number of nitrogens with one attached hydrogen (secondary N) is 4. The number of H-pyrrole nitrogens is 2. The van der Waals surface area contributed by atoms with Crippen LogP contribution in [0.2, 0.25) is 0 Å². The monoisotopic (exact) mass is 264 g/mol. The number of imidazole rings is 1. The Balaban J connectivity index is 1.93. The van der Waals surface area contributed by atoms with Crippen molar-refractivity contribution in [1.29, 1.82) is 0 Å². The lowest BCUT2D eigenvalue weighted by Gasteiger charge is -2.13. The molecule has 9 heteroatoms.